The molecule has 0 saturated carbocycles. The number of ether oxygens (including phenoxy) is 8. The number of aliphatic hydroxyl groups excluding tert-OH is 3. The molecule has 2 aromatic carbocycles. The van der Waals surface area contributed by atoms with E-state index in [-0.39, 0.29) is 37.0 Å². The fraction of sp³-hybridized carbons (Fsp3) is 0.735. The number of hydrogen-bond donors (Lipinski definition) is 3. The van der Waals surface area contributed by atoms with Crippen molar-refractivity contribution in [3.8, 4) is 16.9 Å². The van der Waals surface area contributed by atoms with E-state index in [0.29, 0.717) is 31.7 Å². The van der Waals surface area contributed by atoms with Crippen LogP contribution in [0.4, 0.5) is 0 Å². The average Bonchev–Trinajstić information content (AvgIpc) is 3.25. The molecule has 0 unspecified atom stereocenters. The maximum atomic E-state index is 14.7. The summed E-state index contributed by atoms with van der Waals surface area (Å²) in [5.41, 5.74) is 0.0478. The Hall–Kier alpha value is -2.73. The lowest BCUT2D eigenvalue weighted by molar-refractivity contribution is -0.319. The Kier molecular flexibility index (Phi) is 18.0. The molecule has 0 aromatic heterocycles. The molecule has 2 aromatic rings. The number of methoxy groups -OCH3 is 2. The second kappa shape index (κ2) is 22.2. The van der Waals surface area contributed by atoms with Crippen LogP contribution in [-0.4, -0.2) is 165 Å². The van der Waals surface area contributed by atoms with Crippen molar-refractivity contribution in [2.45, 2.75) is 153 Å². The number of carbonyl (C=O) groups excluding carboxylic acids is 1. The summed E-state index contributed by atoms with van der Waals surface area (Å²) in [5.74, 6) is -1.87. The SMILES string of the molecule is CO[C@]1(C)C[C@@H](C)[C@H](O)[C@H](C)CN(C)C[C@H](COc2ccc(-c3ccccc3)cc2)OC(=O)[C@H](C)[C@@H](O[C@H]2C[C@@](C)(OC)[C@@H](O)[C@H](C)O2)[C@H](C)[C@H]1O[C@@H]1O[C@H](C)C[C@H](N(C)C)[C@H]1O. The molecule has 14 heteroatoms. The third-order valence-electron chi connectivity index (χ3n) is 14.0. The minimum atomic E-state index is -1.10. The summed E-state index contributed by atoms with van der Waals surface area (Å²) < 4.78 is 51.6. The lowest BCUT2D eigenvalue weighted by Crippen LogP contribution is -2.61. The molecular weight excluding hydrogens is 809 g/mol. The Labute approximate surface area is 376 Å². The number of benzene rings is 2. The van der Waals surface area contributed by atoms with Crippen LogP contribution in [0.3, 0.4) is 0 Å². The Morgan fingerprint density at radius 2 is 1.43 bits per heavy atom. The summed E-state index contributed by atoms with van der Waals surface area (Å²) in [7, 11) is 8.95. The normalized spacial score (nSPS) is 40.5. The molecule has 0 radical (unpaired) electrons. The minimum Gasteiger partial charge on any atom is -0.490 e. The highest BCUT2D eigenvalue weighted by Gasteiger charge is 2.52. The van der Waals surface area contributed by atoms with Gasteiger partial charge in [-0.15, -0.1) is 0 Å². The molecule has 3 aliphatic rings. The highest BCUT2D eigenvalue weighted by molar-refractivity contribution is 5.73. The van der Waals surface area contributed by atoms with Gasteiger partial charge in [-0.1, -0.05) is 63.2 Å². The first kappa shape index (κ1) is 51.3. The first-order valence-electron chi connectivity index (χ1n) is 22.8. The topological polar surface area (TPSA) is 158 Å². The van der Waals surface area contributed by atoms with Gasteiger partial charge >= 0.3 is 5.97 Å². The molecule has 63 heavy (non-hydrogen) atoms. The Bertz CT molecular complexity index is 1700. The van der Waals surface area contributed by atoms with Gasteiger partial charge in [0.15, 0.2) is 12.6 Å². The maximum absolute atomic E-state index is 14.7. The van der Waals surface area contributed by atoms with E-state index < -0.39 is 84.3 Å². The summed E-state index contributed by atoms with van der Waals surface area (Å²) in [4.78, 5) is 18.8. The van der Waals surface area contributed by atoms with Crippen molar-refractivity contribution in [3.05, 3.63) is 54.6 Å². The number of hydrogen-bond acceptors (Lipinski definition) is 14. The largest absolute Gasteiger partial charge is 0.490 e. The molecule has 3 fully saturated rings. The second-order valence-corrected chi connectivity index (χ2v) is 19.5. The minimum absolute atomic E-state index is 0.0743. The van der Waals surface area contributed by atoms with Crippen LogP contribution >= 0.6 is 0 Å². The van der Waals surface area contributed by atoms with Crippen molar-refractivity contribution in [2.24, 2.45) is 23.7 Å². The van der Waals surface area contributed by atoms with Gasteiger partial charge in [0.2, 0.25) is 0 Å². The third kappa shape index (κ3) is 12.6. The average molecular weight is 887 g/mol. The van der Waals surface area contributed by atoms with E-state index in [9.17, 15) is 20.1 Å². The van der Waals surface area contributed by atoms with Crippen molar-refractivity contribution in [3.63, 3.8) is 0 Å². The second-order valence-electron chi connectivity index (χ2n) is 19.5. The fourth-order valence-electron chi connectivity index (χ4n) is 10.0. The predicted molar refractivity (Wildman–Crippen MR) is 240 cm³/mol. The molecular formula is C49H78N2O12. The first-order chi connectivity index (χ1) is 29.7. The number of aliphatic hydroxyl groups is 3. The lowest BCUT2D eigenvalue weighted by atomic mass is 9.75. The van der Waals surface area contributed by atoms with Gasteiger partial charge in [0.25, 0.3) is 0 Å². The molecule has 14 nitrogen and oxygen atoms in total. The maximum Gasteiger partial charge on any atom is 0.311 e. The van der Waals surface area contributed by atoms with Gasteiger partial charge in [0, 0.05) is 45.7 Å². The van der Waals surface area contributed by atoms with Gasteiger partial charge in [-0.3, -0.25) is 4.79 Å². The summed E-state index contributed by atoms with van der Waals surface area (Å²) in [5, 5.41) is 34.8. The van der Waals surface area contributed by atoms with Gasteiger partial charge in [0.1, 0.15) is 30.7 Å². The highest BCUT2D eigenvalue weighted by atomic mass is 16.7. The molecule has 356 valence electrons. The molecule has 3 heterocycles. The van der Waals surface area contributed by atoms with Crippen molar-refractivity contribution in [1.29, 1.82) is 0 Å². The molecule has 3 N–H and O–H groups in total. The fourth-order valence-corrected chi connectivity index (χ4v) is 10.0. The number of cyclic esters (lactones) is 1. The van der Waals surface area contributed by atoms with Crippen molar-refractivity contribution >= 4 is 5.97 Å². The standard InChI is InChI=1S/C49H78N2O12/c1-29-24-49(8,57-13)45(63-47-42(53)39(50(9)10)23-31(3)59-47)32(4)43(62-40-25-48(7,56-12)44(54)34(6)60-40)33(5)46(55)61-38(27-51(11)26-30(2)41(29)52)28-58-37-21-19-36(20-22-37)35-17-15-14-16-18-35/h14-22,29-34,38-45,47,52-54H,23-28H2,1-13H3/t29-,30-,31-,32+,33-,34+,38-,39+,40+,41+,42-,43+,44+,45-,47+,48-,49-/m1/s1. The van der Waals surface area contributed by atoms with Gasteiger partial charge in [-0.25, -0.2) is 0 Å². The molecule has 17 atom stereocenters. The first-order valence-corrected chi connectivity index (χ1v) is 22.8. The van der Waals surface area contributed by atoms with E-state index in [4.69, 9.17) is 37.9 Å². The molecule has 0 spiro atoms. The molecule has 0 aliphatic carbocycles. The zero-order chi connectivity index (χ0) is 46.4. The summed E-state index contributed by atoms with van der Waals surface area (Å²) in [6, 6.07) is 17.7. The molecule has 0 bridgehead atoms. The van der Waals surface area contributed by atoms with Crippen LogP contribution < -0.4 is 4.74 Å². The van der Waals surface area contributed by atoms with E-state index in [1.54, 1.807) is 28.1 Å². The van der Waals surface area contributed by atoms with E-state index in [2.05, 4.69) is 17.0 Å². The van der Waals surface area contributed by atoms with Crippen LogP contribution in [0.15, 0.2) is 54.6 Å². The number of rotatable bonds is 11. The Morgan fingerprint density at radius 1 is 0.794 bits per heavy atom. The van der Waals surface area contributed by atoms with Gasteiger partial charge < -0.3 is 63.0 Å². The number of nitrogens with zero attached hydrogens (tertiary/aromatic N) is 2. The summed E-state index contributed by atoms with van der Waals surface area (Å²) in [6.45, 7) is 16.1. The quantitative estimate of drug-likeness (QED) is 0.247. The molecule has 5 rings (SSSR count). The van der Waals surface area contributed by atoms with Crippen LogP contribution in [0.25, 0.3) is 11.1 Å². The van der Waals surface area contributed by atoms with Crippen molar-refractivity contribution in [1.82, 2.24) is 9.80 Å². The lowest BCUT2D eigenvalue weighted by Gasteiger charge is -2.49. The Morgan fingerprint density at radius 3 is 2.05 bits per heavy atom. The van der Waals surface area contributed by atoms with Crippen LogP contribution in [0.2, 0.25) is 0 Å². The van der Waals surface area contributed by atoms with Crippen LogP contribution in [0, 0.1) is 23.7 Å². The van der Waals surface area contributed by atoms with E-state index in [0.717, 1.165) is 11.1 Å². The number of esters is 1. The zero-order valence-corrected chi connectivity index (χ0v) is 40.0. The summed E-state index contributed by atoms with van der Waals surface area (Å²) >= 11 is 0. The predicted octanol–water partition coefficient (Wildman–Crippen LogP) is 5.39. The molecule has 3 aliphatic heterocycles. The monoisotopic (exact) mass is 887 g/mol. The summed E-state index contributed by atoms with van der Waals surface area (Å²) in [6.07, 6.45) is -6.87. The van der Waals surface area contributed by atoms with E-state index in [1.165, 1.54) is 0 Å². The van der Waals surface area contributed by atoms with Crippen molar-refractivity contribution in [2.75, 3.05) is 55.1 Å². The van der Waals surface area contributed by atoms with Gasteiger partial charge in [0.05, 0.1) is 47.6 Å². The molecule has 3 saturated heterocycles. The number of carbonyl (C=O) groups is 1. The molecule has 0 amide bonds. The van der Waals surface area contributed by atoms with Gasteiger partial charge in [-0.05, 0) is 104 Å². The van der Waals surface area contributed by atoms with Crippen LogP contribution in [0.5, 0.6) is 5.75 Å². The van der Waals surface area contributed by atoms with E-state index in [1.807, 2.05) is 110 Å². The third-order valence-corrected chi connectivity index (χ3v) is 14.0. The van der Waals surface area contributed by atoms with E-state index >= 15 is 0 Å². The van der Waals surface area contributed by atoms with Crippen molar-refractivity contribution < 1.29 is 58.0 Å². The highest BCUT2D eigenvalue weighted by Crippen LogP contribution is 2.41. The Balaban J connectivity index is 1.54. The van der Waals surface area contributed by atoms with Crippen LogP contribution in [-0.2, 0) is 38.0 Å². The number of likely N-dealkylation sites (N-methyl/N-ethyl adjacent to an activating group) is 2. The van der Waals surface area contributed by atoms with Gasteiger partial charge in [-0.2, -0.15) is 0 Å². The van der Waals surface area contributed by atoms with Crippen LogP contribution in [0.1, 0.15) is 74.7 Å². The smallest absolute Gasteiger partial charge is 0.311 e. The zero-order valence-electron chi connectivity index (χ0n) is 40.0.